The van der Waals surface area contributed by atoms with Gasteiger partial charge in [0.2, 0.25) is 0 Å². The summed E-state index contributed by atoms with van der Waals surface area (Å²) in [6, 6.07) is 28.9. The molecule has 3 aromatic carbocycles. The highest BCUT2D eigenvalue weighted by Gasteiger charge is 2.23. The topological polar surface area (TPSA) is 46.5 Å². The second-order valence-electron chi connectivity index (χ2n) is 6.44. The first kappa shape index (κ1) is 19.0. The second kappa shape index (κ2) is 9.81. The van der Waals surface area contributed by atoms with E-state index in [-0.39, 0.29) is 31.0 Å². The van der Waals surface area contributed by atoms with Gasteiger partial charge in [-0.3, -0.25) is 4.79 Å². The zero-order valence-electron chi connectivity index (χ0n) is 15.2. The van der Waals surface area contributed by atoms with Gasteiger partial charge in [0.25, 0.3) is 0 Å². The average Bonchev–Trinajstić information content (AvgIpc) is 2.74. The molecule has 0 fully saturated rings. The van der Waals surface area contributed by atoms with E-state index in [0.29, 0.717) is 12.0 Å². The van der Waals surface area contributed by atoms with Crippen LogP contribution >= 0.6 is 0 Å². The zero-order chi connectivity index (χ0) is 18.9. The summed E-state index contributed by atoms with van der Waals surface area (Å²) in [7, 11) is 0. The van der Waals surface area contributed by atoms with Gasteiger partial charge in [0.05, 0.1) is 12.2 Å². The normalized spacial score (nSPS) is 13.1. The fourth-order valence-corrected chi connectivity index (χ4v) is 3.12. The Labute approximate surface area is 160 Å². The average molecular weight is 360 g/mol. The molecular weight excluding hydrogens is 336 g/mol. The van der Waals surface area contributed by atoms with Crippen LogP contribution in [0.2, 0.25) is 0 Å². The van der Waals surface area contributed by atoms with Crippen LogP contribution in [0.1, 0.15) is 46.5 Å². The van der Waals surface area contributed by atoms with E-state index in [4.69, 9.17) is 4.74 Å². The maximum absolute atomic E-state index is 12.8. The smallest absolute Gasteiger partial charge is 0.165 e. The number of ether oxygens (including phenoxy) is 1. The minimum absolute atomic E-state index is 0.0215. The number of carbonyl (C=O) groups excluding carboxylic acids is 1. The van der Waals surface area contributed by atoms with E-state index in [1.165, 1.54) is 0 Å². The third-order valence-corrected chi connectivity index (χ3v) is 4.53. The molecule has 1 unspecified atom stereocenters. The maximum atomic E-state index is 12.8. The Hall–Kier alpha value is -2.75. The minimum atomic E-state index is -0.379. The number of benzene rings is 3. The maximum Gasteiger partial charge on any atom is 0.165 e. The molecular formula is C24H24O3. The van der Waals surface area contributed by atoms with Gasteiger partial charge in [-0.2, -0.15) is 0 Å². The number of carbonyl (C=O) groups is 1. The fourth-order valence-electron chi connectivity index (χ4n) is 3.12. The Balaban J connectivity index is 1.84. The van der Waals surface area contributed by atoms with Crippen LogP contribution in [0.3, 0.4) is 0 Å². The Morgan fingerprint density at radius 2 is 1.22 bits per heavy atom. The number of aliphatic hydroxyl groups excluding tert-OH is 1. The van der Waals surface area contributed by atoms with Gasteiger partial charge >= 0.3 is 0 Å². The number of hydrogen-bond donors (Lipinski definition) is 1. The molecule has 3 heteroatoms. The summed E-state index contributed by atoms with van der Waals surface area (Å²) in [4.78, 5) is 12.8. The highest BCUT2D eigenvalue weighted by atomic mass is 16.5. The van der Waals surface area contributed by atoms with Crippen molar-refractivity contribution in [3.63, 3.8) is 0 Å². The molecule has 0 aliphatic carbocycles. The Kier molecular flexibility index (Phi) is 6.91. The SMILES string of the molecule is O=C(CC(O[C@H](CCO)c1ccccc1)c1ccccc1)c1ccccc1. The molecule has 0 bridgehead atoms. The summed E-state index contributed by atoms with van der Waals surface area (Å²) < 4.78 is 6.37. The molecule has 27 heavy (non-hydrogen) atoms. The molecule has 2 atom stereocenters. The first-order chi connectivity index (χ1) is 13.3. The molecule has 3 rings (SSSR count). The lowest BCUT2D eigenvalue weighted by atomic mass is 9.99. The second-order valence-corrected chi connectivity index (χ2v) is 6.44. The van der Waals surface area contributed by atoms with Crippen molar-refractivity contribution in [2.24, 2.45) is 0 Å². The summed E-state index contributed by atoms with van der Waals surface area (Å²) >= 11 is 0. The van der Waals surface area contributed by atoms with Crippen LogP contribution in [-0.4, -0.2) is 17.5 Å². The number of ketones is 1. The lowest BCUT2D eigenvalue weighted by Gasteiger charge is -2.25. The van der Waals surface area contributed by atoms with Gasteiger partial charge in [0, 0.05) is 25.0 Å². The van der Waals surface area contributed by atoms with Crippen LogP contribution in [0.4, 0.5) is 0 Å². The molecule has 0 saturated carbocycles. The Bertz CT molecular complexity index is 816. The van der Waals surface area contributed by atoms with E-state index in [0.717, 1.165) is 11.1 Å². The number of aliphatic hydroxyl groups is 1. The summed E-state index contributed by atoms with van der Waals surface area (Å²) in [5, 5.41) is 9.49. The fraction of sp³-hybridized carbons (Fsp3) is 0.208. The predicted octanol–water partition coefficient (Wildman–Crippen LogP) is 5.14. The molecule has 0 saturated heterocycles. The van der Waals surface area contributed by atoms with Crippen LogP contribution in [0.15, 0.2) is 91.0 Å². The van der Waals surface area contributed by atoms with E-state index < -0.39 is 0 Å². The van der Waals surface area contributed by atoms with Gasteiger partial charge in [-0.25, -0.2) is 0 Å². The molecule has 3 nitrogen and oxygen atoms in total. The molecule has 3 aromatic rings. The van der Waals surface area contributed by atoms with E-state index >= 15 is 0 Å². The third-order valence-electron chi connectivity index (χ3n) is 4.53. The summed E-state index contributed by atoms with van der Waals surface area (Å²) in [5.41, 5.74) is 2.64. The van der Waals surface area contributed by atoms with Crippen molar-refractivity contribution in [1.82, 2.24) is 0 Å². The van der Waals surface area contributed by atoms with E-state index in [1.54, 1.807) is 0 Å². The van der Waals surface area contributed by atoms with E-state index in [1.807, 2.05) is 91.0 Å². The first-order valence-corrected chi connectivity index (χ1v) is 9.22. The van der Waals surface area contributed by atoms with Crippen molar-refractivity contribution in [1.29, 1.82) is 0 Å². The van der Waals surface area contributed by atoms with E-state index in [9.17, 15) is 9.90 Å². The quantitative estimate of drug-likeness (QED) is 0.537. The summed E-state index contributed by atoms with van der Waals surface area (Å²) in [6.45, 7) is 0.0215. The molecule has 0 aliphatic rings. The van der Waals surface area contributed by atoms with Crippen LogP contribution in [0.25, 0.3) is 0 Å². The van der Waals surface area contributed by atoms with Gasteiger partial charge in [-0.05, 0) is 11.1 Å². The van der Waals surface area contributed by atoms with E-state index in [2.05, 4.69) is 0 Å². The van der Waals surface area contributed by atoms with Crippen LogP contribution in [-0.2, 0) is 4.74 Å². The summed E-state index contributed by atoms with van der Waals surface area (Å²) in [6.07, 6.45) is 0.0796. The van der Waals surface area contributed by atoms with Crippen molar-refractivity contribution < 1.29 is 14.6 Å². The Morgan fingerprint density at radius 1 is 0.741 bits per heavy atom. The monoisotopic (exact) mass is 360 g/mol. The zero-order valence-corrected chi connectivity index (χ0v) is 15.2. The van der Waals surface area contributed by atoms with Gasteiger partial charge in [0.15, 0.2) is 5.78 Å². The van der Waals surface area contributed by atoms with Crippen molar-refractivity contribution in [2.75, 3.05) is 6.61 Å². The minimum Gasteiger partial charge on any atom is -0.396 e. The third kappa shape index (κ3) is 5.36. The van der Waals surface area contributed by atoms with Crippen LogP contribution in [0, 0.1) is 0 Å². The standard InChI is InChI=1S/C24H24O3/c25-17-16-23(20-12-6-2-7-13-20)27-24(21-14-8-3-9-15-21)18-22(26)19-10-4-1-5-11-19/h1-15,23-25H,16-18H2/t23-,24?/m1/s1. The van der Waals surface area contributed by atoms with Gasteiger partial charge in [-0.1, -0.05) is 91.0 Å². The van der Waals surface area contributed by atoms with Gasteiger partial charge in [-0.15, -0.1) is 0 Å². The van der Waals surface area contributed by atoms with Crippen LogP contribution < -0.4 is 0 Å². The molecule has 0 amide bonds. The highest BCUT2D eigenvalue weighted by molar-refractivity contribution is 5.96. The van der Waals surface area contributed by atoms with Crippen LogP contribution in [0.5, 0.6) is 0 Å². The molecule has 0 heterocycles. The molecule has 0 aliphatic heterocycles. The van der Waals surface area contributed by atoms with Gasteiger partial charge < -0.3 is 9.84 Å². The van der Waals surface area contributed by atoms with Crippen molar-refractivity contribution in [3.05, 3.63) is 108 Å². The molecule has 0 spiro atoms. The van der Waals surface area contributed by atoms with Crippen molar-refractivity contribution in [2.45, 2.75) is 25.0 Å². The van der Waals surface area contributed by atoms with Crippen molar-refractivity contribution in [3.8, 4) is 0 Å². The number of rotatable bonds is 9. The first-order valence-electron chi connectivity index (χ1n) is 9.22. The number of Topliss-reactive ketones (excluding diaryl/α,β-unsaturated/α-hetero) is 1. The van der Waals surface area contributed by atoms with Gasteiger partial charge in [0.1, 0.15) is 0 Å². The summed E-state index contributed by atoms with van der Waals surface area (Å²) in [5.74, 6) is 0.0419. The lowest BCUT2D eigenvalue weighted by Crippen LogP contribution is -2.15. The Morgan fingerprint density at radius 3 is 1.74 bits per heavy atom. The molecule has 0 radical (unpaired) electrons. The highest BCUT2D eigenvalue weighted by Crippen LogP contribution is 2.32. The molecule has 1 N–H and O–H groups in total. The molecule has 138 valence electrons. The largest absolute Gasteiger partial charge is 0.396 e. The lowest BCUT2D eigenvalue weighted by molar-refractivity contribution is -0.0274. The molecule has 0 aromatic heterocycles. The number of hydrogen-bond acceptors (Lipinski definition) is 3. The predicted molar refractivity (Wildman–Crippen MR) is 107 cm³/mol. The van der Waals surface area contributed by atoms with Crippen molar-refractivity contribution >= 4 is 5.78 Å².